The number of aromatic nitrogens is 1. The van der Waals surface area contributed by atoms with Gasteiger partial charge in [-0.3, -0.25) is 4.79 Å². The van der Waals surface area contributed by atoms with E-state index >= 15 is 0 Å². The van der Waals surface area contributed by atoms with E-state index < -0.39 is 0 Å². The van der Waals surface area contributed by atoms with Crippen LogP contribution in [0.15, 0.2) is 18.5 Å². The third-order valence-electron chi connectivity index (χ3n) is 2.13. The minimum absolute atomic E-state index is 0.0451. The lowest BCUT2D eigenvalue weighted by Gasteiger charge is -2.01. The predicted octanol–water partition coefficient (Wildman–Crippen LogP) is 1.71. The number of carbonyl (C=O) groups excluding carboxylic acids is 1. The van der Waals surface area contributed by atoms with Gasteiger partial charge in [0.1, 0.15) is 0 Å². The van der Waals surface area contributed by atoms with Crippen molar-refractivity contribution in [2.75, 3.05) is 6.61 Å². The zero-order valence-electron chi connectivity index (χ0n) is 8.73. The summed E-state index contributed by atoms with van der Waals surface area (Å²) in [4.78, 5) is 11.6. The number of hydrogen-bond acceptors (Lipinski definition) is 2. The fourth-order valence-corrected chi connectivity index (χ4v) is 1.31. The maximum atomic E-state index is 11.6. The Hall–Kier alpha value is -1.09. The number of carbonyl (C=O) groups is 1. The summed E-state index contributed by atoms with van der Waals surface area (Å²) in [5.41, 5.74) is 0.762. The minimum atomic E-state index is 0.0451. The van der Waals surface area contributed by atoms with Crippen LogP contribution in [0.2, 0.25) is 0 Å². The summed E-state index contributed by atoms with van der Waals surface area (Å²) in [6, 6.07) is 1.83. The van der Waals surface area contributed by atoms with Crippen LogP contribution < -0.4 is 0 Å². The van der Waals surface area contributed by atoms with Crippen molar-refractivity contribution in [1.82, 2.24) is 4.57 Å². The van der Waals surface area contributed by atoms with Gasteiger partial charge in [-0.15, -0.1) is 0 Å². The molecule has 1 heterocycles. The summed E-state index contributed by atoms with van der Waals surface area (Å²) in [5.74, 6) is 0.219. The highest BCUT2D eigenvalue weighted by Gasteiger charge is 2.10. The van der Waals surface area contributed by atoms with E-state index in [-0.39, 0.29) is 18.3 Å². The van der Waals surface area contributed by atoms with Gasteiger partial charge in [-0.05, 0) is 12.5 Å². The van der Waals surface area contributed by atoms with Gasteiger partial charge >= 0.3 is 0 Å². The average molecular weight is 195 g/mol. The molecule has 3 nitrogen and oxygen atoms in total. The highest BCUT2D eigenvalue weighted by atomic mass is 16.3. The monoisotopic (exact) mass is 195 g/mol. The van der Waals surface area contributed by atoms with Gasteiger partial charge in [-0.2, -0.15) is 0 Å². The van der Waals surface area contributed by atoms with Gasteiger partial charge in [-0.1, -0.05) is 13.8 Å². The van der Waals surface area contributed by atoms with Crippen LogP contribution in [-0.4, -0.2) is 22.1 Å². The molecule has 1 aromatic rings. The molecule has 0 atom stereocenters. The zero-order valence-corrected chi connectivity index (χ0v) is 8.73. The summed E-state index contributed by atoms with van der Waals surface area (Å²) >= 11 is 0. The summed E-state index contributed by atoms with van der Waals surface area (Å²) in [5, 5.41) is 8.65. The molecular weight excluding hydrogens is 178 g/mol. The van der Waals surface area contributed by atoms with E-state index in [1.807, 2.05) is 36.9 Å². The van der Waals surface area contributed by atoms with Crippen molar-refractivity contribution >= 4 is 5.78 Å². The van der Waals surface area contributed by atoms with Crippen LogP contribution in [0.1, 0.15) is 30.6 Å². The van der Waals surface area contributed by atoms with Crippen molar-refractivity contribution in [1.29, 1.82) is 0 Å². The summed E-state index contributed by atoms with van der Waals surface area (Å²) in [6.45, 7) is 4.74. The molecule has 78 valence electrons. The Morgan fingerprint density at radius 1 is 1.57 bits per heavy atom. The van der Waals surface area contributed by atoms with Gasteiger partial charge < -0.3 is 9.67 Å². The Morgan fingerprint density at radius 3 is 2.86 bits per heavy atom. The Balaban J connectivity index is 2.63. The van der Waals surface area contributed by atoms with Crippen LogP contribution in [0.3, 0.4) is 0 Å². The van der Waals surface area contributed by atoms with E-state index in [1.54, 1.807) is 0 Å². The van der Waals surface area contributed by atoms with Crippen LogP contribution in [0, 0.1) is 5.92 Å². The second-order valence-electron chi connectivity index (χ2n) is 3.73. The lowest BCUT2D eigenvalue weighted by molar-refractivity contribution is 0.0939. The Kier molecular flexibility index (Phi) is 3.89. The fourth-order valence-electron chi connectivity index (χ4n) is 1.31. The lowest BCUT2D eigenvalue weighted by Crippen LogP contribution is -2.06. The molecule has 0 aromatic carbocycles. The van der Waals surface area contributed by atoms with Gasteiger partial charge in [0.05, 0.1) is 0 Å². The van der Waals surface area contributed by atoms with Gasteiger partial charge in [0.2, 0.25) is 0 Å². The van der Waals surface area contributed by atoms with Crippen molar-refractivity contribution in [3.63, 3.8) is 0 Å². The number of aliphatic hydroxyl groups excluding tert-OH is 1. The Labute approximate surface area is 84.4 Å². The fraction of sp³-hybridized carbons (Fsp3) is 0.545. The first kappa shape index (κ1) is 11.0. The third-order valence-corrected chi connectivity index (χ3v) is 2.13. The van der Waals surface area contributed by atoms with E-state index in [4.69, 9.17) is 5.11 Å². The summed E-state index contributed by atoms with van der Waals surface area (Å²) < 4.78 is 1.94. The van der Waals surface area contributed by atoms with Gasteiger partial charge in [0.15, 0.2) is 5.78 Å². The predicted molar refractivity (Wildman–Crippen MR) is 55.3 cm³/mol. The van der Waals surface area contributed by atoms with Crippen LogP contribution in [0.4, 0.5) is 0 Å². The molecule has 0 radical (unpaired) electrons. The molecule has 14 heavy (non-hydrogen) atoms. The second-order valence-corrected chi connectivity index (χ2v) is 3.73. The van der Waals surface area contributed by atoms with E-state index in [0.717, 1.165) is 18.5 Å². The number of ketones is 1. The largest absolute Gasteiger partial charge is 0.396 e. The van der Waals surface area contributed by atoms with Crippen molar-refractivity contribution in [2.24, 2.45) is 5.92 Å². The number of nitrogens with zero attached hydrogens (tertiary/aromatic N) is 1. The molecule has 0 aliphatic carbocycles. The molecule has 0 amide bonds. The lowest BCUT2D eigenvalue weighted by atomic mass is 10.0. The maximum Gasteiger partial charge on any atom is 0.166 e. The molecule has 0 unspecified atom stereocenters. The molecular formula is C11H17NO2. The third kappa shape index (κ3) is 2.70. The normalized spacial score (nSPS) is 10.9. The van der Waals surface area contributed by atoms with Crippen LogP contribution in [-0.2, 0) is 6.54 Å². The van der Waals surface area contributed by atoms with E-state index in [0.29, 0.717) is 0 Å². The molecule has 0 aliphatic rings. The van der Waals surface area contributed by atoms with Crippen molar-refractivity contribution in [2.45, 2.75) is 26.8 Å². The first-order chi connectivity index (χ1) is 6.65. The molecule has 3 heteroatoms. The molecule has 0 fully saturated rings. The van der Waals surface area contributed by atoms with E-state index in [1.165, 1.54) is 0 Å². The maximum absolute atomic E-state index is 11.6. The van der Waals surface area contributed by atoms with Gasteiger partial charge in [0, 0.05) is 37.0 Å². The highest BCUT2D eigenvalue weighted by Crippen LogP contribution is 2.09. The zero-order chi connectivity index (χ0) is 10.6. The number of Topliss-reactive ketones (excluding diaryl/α,β-unsaturated/α-hetero) is 1. The minimum Gasteiger partial charge on any atom is -0.396 e. The molecule has 1 aromatic heterocycles. The number of aryl methyl sites for hydroxylation is 1. The van der Waals surface area contributed by atoms with Crippen molar-refractivity contribution in [3.05, 3.63) is 24.0 Å². The highest BCUT2D eigenvalue weighted by molar-refractivity contribution is 5.97. The van der Waals surface area contributed by atoms with E-state index in [9.17, 15) is 4.79 Å². The van der Waals surface area contributed by atoms with Crippen LogP contribution in [0.25, 0.3) is 0 Å². The molecule has 1 rings (SSSR count). The quantitative estimate of drug-likeness (QED) is 0.727. The number of hydrogen-bond donors (Lipinski definition) is 1. The molecule has 0 saturated heterocycles. The molecule has 1 N–H and O–H groups in total. The van der Waals surface area contributed by atoms with Gasteiger partial charge in [0.25, 0.3) is 0 Å². The average Bonchev–Trinajstić information content (AvgIpc) is 2.61. The smallest absolute Gasteiger partial charge is 0.166 e. The molecule has 0 bridgehead atoms. The van der Waals surface area contributed by atoms with Gasteiger partial charge in [-0.25, -0.2) is 0 Å². The first-order valence-corrected chi connectivity index (χ1v) is 4.96. The van der Waals surface area contributed by atoms with Crippen molar-refractivity contribution < 1.29 is 9.90 Å². The Bertz CT molecular complexity index is 302. The van der Waals surface area contributed by atoms with Crippen LogP contribution in [0.5, 0.6) is 0 Å². The Morgan fingerprint density at radius 2 is 2.29 bits per heavy atom. The molecule has 0 spiro atoms. The standard InChI is InChI=1S/C11H17NO2/c1-9(2)11(14)10-4-6-12(8-10)5-3-7-13/h4,6,8-9,13H,3,5,7H2,1-2H3. The summed E-state index contributed by atoms with van der Waals surface area (Å²) in [7, 11) is 0. The second kappa shape index (κ2) is 4.96. The first-order valence-electron chi connectivity index (χ1n) is 4.96. The topological polar surface area (TPSA) is 42.2 Å². The number of aliphatic hydroxyl groups is 1. The molecule has 0 aliphatic heterocycles. The summed E-state index contributed by atoms with van der Waals surface area (Å²) in [6.07, 6.45) is 4.45. The van der Waals surface area contributed by atoms with E-state index in [2.05, 4.69) is 0 Å². The SMILES string of the molecule is CC(C)C(=O)c1ccn(CCCO)c1. The van der Waals surface area contributed by atoms with Crippen LogP contribution >= 0.6 is 0 Å². The molecule has 0 saturated carbocycles. The van der Waals surface area contributed by atoms with Crippen molar-refractivity contribution in [3.8, 4) is 0 Å². The number of rotatable bonds is 5.